The van der Waals surface area contributed by atoms with Gasteiger partial charge in [-0.15, -0.1) is 0 Å². The van der Waals surface area contributed by atoms with Gasteiger partial charge in [-0.3, -0.25) is 0 Å². The predicted molar refractivity (Wildman–Crippen MR) is 61.4 cm³/mol. The summed E-state index contributed by atoms with van der Waals surface area (Å²) in [5.74, 6) is 0. The normalized spacial score (nSPS) is 14.0. The zero-order valence-electron chi connectivity index (χ0n) is 8.09. The summed E-state index contributed by atoms with van der Waals surface area (Å²) in [7, 11) is 0. The van der Waals surface area contributed by atoms with Crippen molar-refractivity contribution in [1.29, 1.82) is 0 Å². The average molecular weight is 262 g/mol. The molecule has 16 heavy (non-hydrogen) atoms. The zero-order chi connectivity index (χ0) is 12.1. The van der Waals surface area contributed by atoms with E-state index in [0.29, 0.717) is 10.6 Å². The van der Waals surface area contributed by atoms with E-state index in [1.54, 1.807) is 6.07 Å². The lowest BCUT2D eigenvalue weighted by Crippen LogP contribution is -2.21. The van der Waals surface area contributed by atoms with Crippen molar-refractivity contribution < 1.29 is 10.2 Å². The van der Waals surface area contributed by atoms with Crippen LogP contribution in [0.3, 0.4) is 0 Å². The Morgan fingerprint density at radius 2 is 2.06 bits per heavy atom. The summed E-state index contributed by atoms with van der Waals surface area (Å²) < 4.78 is 0. The Balaban J connectivity index is 2.90. The van der Waals surface area contributed by atoms with Crippen LogP contribution >= 0.6 is 23.2 Å². The fourth-order valence-corrected chi connectivity index (χ4v) is 1.58. The number of benzene rings is 1. The number of hydrogen-bond donors (Lipinski definition) is 2. The van der Waals surface area contributed by atoms with E-state index in [9.17, 15) is 10.2 Å². The second-order valence-electron chi connectivity index (χ2n) is 3.09. The van der Waals surface area contributed by atoms with Crippen LogP contribution in [0.5, 0.6) is 0 Å². The first kappa shape index (κ1) is 13.1. The molecule has 2 N–H and O–H groups in total. The number of aliphatic hydroxyl groups is 2. The zero-order valence-corrected chi connectivity index (χ0v) is 9.60. The van der Waals surface area contributed by atoms with Crippen LogP contribution in [0.2, 0.25) is 10.0 Å². The minimum Gasteiger partial charge on any atom is -0.390 e. The van der Waals surface area contributed by atoms with Gasteiger partial charge in [0.1, 0.15) is 6.10 Å². The maximum atomic E-state index is 9.74. The Morgan fingerprint density at radius 1 is 1.38 bits per heavy atom. The molecule has 0 heterocycles. The van der Waals surface area contributed by atoms with Gasteiger partial charge in [0, 0.05) is 20.5 Å². The van der Waals surface area contributed by atoms with Crippen LogP contribution in [0.25, 0.3) is 10.4 Å². The third kappa shape index (κ3) is 3.27. The van der Waals surface area contributed by atoms with Gasteiger partial charge in [-0.1, -0.05) is 28.3 Å². The van der Waals surface area contributed by atoms with Gasteiger partial charge in [-0.2, -0.15) is 0 Å². The highest BCUT2D eigenvalue weighted by atomic mass is 35.5. The van der Waals surface area contributed by atoms with Gasteiger partial charge in [0.25, 0.3) is 0 Å². The van der Waals surface area contributed by atoms with Gasteiger partial charge < -0.3 is 10.2 Å². The molecule has 0 fully saturated rings. The van der Waals surface area contributed by atoms with E-state index in [4.69, 9.17) is 28.7 Å². The fourth-order valence-electron chi connectivity index (χ4n) is 1.17. The summed E-state index contributed by atoms with van der Waals surface area (Å²) in [5, 5.41) is 23.1. The Bertz CT molecular complexity index is 421. The maximum Gasteiger partial charge on any atom is 0.106 e. The highest BCUT2D eigenvalue weighted by Crippen LogP contribution is 2.28. The van der Waals surface area contributed by atoms with Crippen LogP contribution in [-0.4, -0.2) is 22.9 Å². The molecule has 0 aliphatic heterocycles. The van der Waals surface area contributed by atoms with E-state index >= 15 is 0 Å². The molecule has 0 aliphatic rings. The second kappa shape index (κ2) is 5.94. The van der Waals surface area contributed by atoms with Crippen molar-refractivity contribution in [3.63, 3.8) is 0 Å². The summed E-state index contributed by atoms with van der Waals surface area (Å²) in [4.78, 5) is 2.49. The number of aliphatic hydroxyl groups excluding tert-OH is 2. The minimum atomic E-state index is -1.24. The molecule has 2 unspecified atom stereocenters. The first-order valence-corrected chi connectivity index (χ1v) is 5.13. The third-order valence-corrected chi connectivity index (χ3v) is 2.55. The molecule has 5 nitrogen and oxygen atoms in total. The highest BCUT2D eigenvalue weighted by molar-refractivity contribution is 6.33. The number of halogens is 2. The molecule has 0 amide bonds. The Hall–Kier alpha value is -0.970. The van der Waals surface area contributed by atoms with Crippen LogP contribution in [0.4, 0.5) is 0 Å². The molecular weight excluding hydrogens is 253 g/mol. The molecule has 7 heteroatoms. The average Bonchev–Trinajstić information content (AvgIpc) is 2.28. The first-order chi connectivity index (χ1) is 7.56. The summed E-state index contributed by atoms with van der Waals surface area (Å²) in [6.07, 6.45) is -2.46. The molecule has 86 valence electrons. The monoisotopic (exact) mass is 261 g/mol. The van der Waals surface area contributed by atoms with Gasteiger partial charge in [-0.05, 0) is 23.7 Å². The van der Waals surface area contributed by atoms with Gasteiger partial charge in [-0.25, -0.2) is 0 Å². The molecule has 0 spiro atoms. The largest absolute Gasteiger partial charge is 0.390 e. The molecule has 0 radical (unpaired) electrons. The molecule has 0 aromatic heterocycles. The Morgan fingerprint density at radius 3 is 2.69 bits per heavy atom. The number of rotatable bonds is 4. The van der Waals surface area contributed by atoms with Crippen molar-refractivity contribution in [2.45, 2.75) is 12.2 Å². The van der Waals surface area contributed by atoms with Crippen molar-refractivity contribution in [1.82, 2.24) is 0 Å². The van der Waals surface area contributed by atoms with Crippen LogP contribution in [0.1, 0.15) is 11.7 Å². The standard InChI is InChI=1S/C9H9Cl2N3O2/c10-5-1-2-7(11)6(3-5)9(16)8(15)4-13-14-12/h1-3,8-9,15-16H,4H2. The van der Waals surface area contributed by atoms with E-state index in [0.717, 1.165) is 0 Å². The van der Waals surface area contributed by atoms with Crippen molar-refractivity contribution >= 4 is 23.2 Å². The van der Waals surface area contributed by atoms with E-state index in [-0.39, 0.29) is 11.6 Å². The van der Waals surface area contributed by atoms with Crippen LogP contribution in [0.15, 0.2) is 23.3 Å². The smallest absolute Gasteiger partial charge is 0.106 e. The van der Waals surface area contributed by atoms with Crippen LogP contribution in [0, 0.1) is 0 Å². The van der Waals surface area contributed by atoms with E-state index in [1.165, 1.54) is 12.1 Å². The lowest BCUT2D eigenvalue weighted by molar-refractivity contribution is 0.0245. The van der Waals surface area contributed by atoms with E-state index < -0.39 is 12.2 Å². The quantitative estimate of drug-likeness (QED) is 0.496. The lowest BCUT2D eigenvalue weighted by Gasteiger charge is -2.17. The Kier molecular flexibility index (Phi) is 4.86. The van der Waals surface area contributed by atoms with Crippen molar-refractivity contribution in [2.24, 2.45) is 5.11 Å². The summed E-state index contributed by atoms with van der Waals surface area (Å²) in [6.45, 7) is -0.236. The number of hydrogen-bond acceptors (Lipinski definition) is 3. The van der Waals surface area contributed by atoms with Crippen molar-refractivity contribution in [2.75, 3.05) is 6.54 Å². The summed E-state index contributed by atoms with van der Waals surface area (Å²) in [5.41, 5.74) is 8.39. The molecule has 1 aromatic rings. The predicted octanol–water partition coefficient (Wildman–Crippen LogP) is 2.70. The minimum absolute atomic E-state index is 0.236. The fraction of sp³-hybridized carbons (Fsp3) is 0.333. The molecule has 1 rings (SSSR count). The SMILES string of the molecule is [N-]=[N+]=NCC(O)C(O)c1cc(Cl)ccc1Cl. The number of nitrogens with zero attached hydrogens (tertiary/aromatic N) is 3. The van der Waals surface area contributed by atoms with E-state index in [1.807, 2.05) is 0 Å². The maximum absolute atomic E-state index is 9.74. The summed E-state index contributed by atoms with van der Waals surface area (Å²) >= 11 is 11.6. The van der Waals surface area contributed by atoms with Crippen LogP contribution in [-0.2, 0) is 0 Å². The van der Waals surface area contributed by atoms with Gasteiger partial charge in [0.15, 0.2) is 0 Å². The molecule has 1 aromatic carbocycles. The van der Waals surface area contributed by atoms with E-state index in [2.05, 4.69) is 10.0 Å². The molecule has 0 saturated carbocycles. The van der Waals surface area contributed by atoms with Gasteiger partial charge >= 0.3 is 0 Å². The van der Waals surface area contributed by atoms with Gasteiger partial charge in [0.2, 0.25) is 0 Å². The second-order valence-corrected chi connectivity index (χ2v) is 3.94. The van der Waals surface area contributed by atoms with Crippen molar-refractivity contribution in [3.8, 4) is 0 Å². The third-order valence-electron chi connectivity index (χ3n) is 1.97. The lowest BCUT2D eigenvalue weighted by atomic mass is 10.0. The topological polar surface area (TPSA) is 89.2 Å². The molecular formula is C9H9Cl2N3O2. The molecule has 0 bridgehead atoms. The molecule has 2 atom stereocenters. The number of azide groups is 1. The first-order valence-electron chi connectivity index (χ1n) is 4.38. The summed E-state index contributed by atoms with van der Waals surface area (Å²) in [6, 6.07) is 4.54. The molecule has 0 saturated heterocycles. The van der Waals surface area contributed by atoms with Crippen molar-refractivity contribution in [3.05, 3.63) is 44.3 Å². The molecule has 0 aliphatic carbocycles. The Labute approximate surface area is 102 Å². The highest BCUT2D eigenvalue weighted by Gasteiger charge is 2.20. The van der Waals surface area contributed by atoms with Crippen LogP contribution < -0.4 is 0 Å². The van der Waals surface area contributed by atoms with Gasteiger partial charge in [0.05, 0.1) is 12.6 Å².